The van der Waals surface area contributed by atoms with Crippen LogP contribution in [0.3, 0.4) is 0 Å². The molecule has 3 rings (SSSR count). The Morgan fingerprint density at radius 1 is 1.41 bits per heavy atom. The van der Waals surface area contributed by atoms with Crippen molar-refractivity contribution < 1.29 is 17.5 Å². The van der Waals surface area contributed by atoms with Crippen LogP contribution in [0.5, 0.6) is 0 Å². The summed E-state index contributed by atoms with van der Waals surface area (Å²) in [5.41, 5.74) is 1.24. The summed E-state index contributed by atoms with van der Waals surface area (Å²) in [6.07, 6.45) is -0.0452. The van der Waals surface area contributed by atoms with Crippen molar-refractivity contribution in [3.05, 3.63) is 46.0 Å². The third-order valence-electron chi connectivity index (χ3n) is 5.22. The second kappa shape index (κ2) is 8.69. The van der Waals surface area contributed by atoms with Crippen molar-refractivity contribution in [3.63, 3.8) is 0 Å². The number of hydrogen-bond donors (Lipinski definition) is 1. The van der Waals surface area contributed by atoms with Gasteiger partial charge < -0.3 is 4.74 Å². The molecule has 1 aromatic carbocycles. The second-order valence-corrected chi connectivity index (χ2v) is 9.41. The normalized spacial score (nSPS) is 19.4. The highest BCUT2D eigenvalue weighted by Gasteiger charge is 2.31. The SMILES string of the molecule is Cc1nn(C)c(C)c1S(=O)(=O)NCC(c1c(F)cccc1Cl)N1CCOC(C)C1. The van der Waals surface area contributed by atoms with Crippen LogP contribution in [-0.4, -0.2) is 55.4 Å². The van der Waals surface area contributed by atoms with Crippen LogP contribution in [0, 0.1) is 19.7 Å². The van der Waals surface area contributed by atoms with Gasteiger partial charge in [0.05, 0.1) is 30.1 Å². The Morgan fingerprint density at radius 2 is 2.14 bits per heavy atom. The van der Waals surface area contributed by atoms with E-state index >= 15 is 0 Å². The van der Waals surface area contributed by atoms with Crippen LogP contribution in [0.25, 0.3) is 0 Å². The molecule has 1 saturated heterocycles. The van der Waals surface area contributed by atoms with Crippen molar-refractivity contribution in [2.24, 2.45) is 7.05 Å². The van der Waals surface area contributed by atoms with Crippen LogP contribution < -0.4 is 4.72 Å². The minimum Gasteiger partial charge on any atom is -0.376 e. The molecule has 10 heteroatoms. The number of rotatable bonds is 6. The third-order valence-corrected chi connectivity index (χ3v) is 7.23. The summed E-state index contributed by atoms with van der Waals surface area (Å²) < 4.78 is 50.5. The van der Waals surface area contributed by atoms with E-state index in [0.29, 0.717) is 31.1 Å². The first-order valence-corrected chi connectivity index (χ1v) is 11.3. The molecule has 160 valence electrons. The summed E-state index contributed by atoms with van der Waals surface area (Å²) in [7, 11) is -2.15. The van der Waals surface area contributed by atoms with Crippen LogP contribution >= 0.6 is 11.6 Å². The number of aryl methyl sites for hydroxylation is 2. The molecule has 1 aliphatic rings. The maximum Gasteiger partial charge on any atom is 0.244 e. The molecule has 29 heavy (non-hydrogen) atoms. The minimum absolute atomic E-state index is 0.0243. The van der Waals surface area contributed by atoms with Gasteiger partial charge in [-0.2, -0.15) is 5.10 Å². The van der Waals surface area contributed by atoms with E-state index in [0.717, 1.165) is 0 Å². The van der Waals surface area contributed by atoms with Gasteiger partial charge >= 0.3 is 0 Å². The van der Waals surface area contributed by atoms with E-state index in [1.165, 1.54) is 16.8 Å². The van der Waals surface area contributed by atoms with Crippen molar-refractivity contribution in [3.8, 4) is 0 Å². The van der Waals surface area contributed by atoms with E-state index in [9.17, 15) is 12.8 Å². The standard InChI is InChI=1S/C19H26ClFN4O3S/c1-12-11-25(8-9-28-12)17(18-15(20)6-5-7-16(18)21)10-22-29(26,27)19-13(2)23-24(4)14(19)3/h5-7,12,17,22H,8-11H2,1-4H3. The predicted molar refractivity (Wildman–Crippen MR) is 109 cm³/mol. The largest absolute Gasteiger partial charge is 0.376 e. The molecule has 0 radical (unpaired) electrons. The van der Waals surface area contributed by atoms with Gasteiger partial charge in [-0.25, -0.2) is 17.5 Å². The number of benzene rings is 1. The van der Waals surface area contributed by atoms with Gasteiger partial charge in [-0.3, -0.25) is 9.58 Å². The van der Waals surface area contributed by atoms with Gasteiger partial charge in [0.25, 0.3) is 0 Å². The first-order chi connectivity index (χ1) is 13.6. The Bertz CT molecular complexity index is 975. The molecule has 0 saturated carbocycles. The number of ether oxygens (including phenoxy) is 1. The molecule has 2 heterocycles. The zero-order chi connectivity index (χ0) is 21.3. The van der Waals surface area contributed by atoms with Crippen molar-refractivity contribution in [2.45, 2.75) is 37.8 Å². The Balaban J connectivity index is 1.93. The summed E-state index contributed by atoms with van der Waals surface area (Å²) in [5, 5.41) is 4.45. The van der Waals surface area contributed by atoms with Crippen LogP contribution in [0.2, 0.25) is 5.02 Å². The lowest BCUT2D eigenvalue weighted by atomic mass is 10.0. The lowest BCUT2D eigenvalue weighted by molar-refractivity contribution is -0.0342. The molecule has 1 fully saturated rings. The summed E-state index contributed by atoms with van der Waals surface area (Å²) in [5.74, 6) is -0.463. The smallest absolute Gasteiger partial charge is 0.244 e. The van der Waals surface area contributed by atoms with Crippen molar-refractivity contribution >= 4 is 21.6 Å². The van der Waals surface area contributed by atoms with E-state index < -0.39 is 21.9 Å². The number of nitrogens with zero attached hydrogens (tertiary/aromatic N) is 3. The Morgan fingerprint density at radius 3 is 2.72 bits per heavy atom. The summed E-state index contributed by atoms with van der Waals surface area (Å²) >= 11 is 6.31. The fourth-order valence-corrected chi connectivity index (χ4v) is 5.54. The van der Waals surface area contributed by atoms with Gasteiger partial charge in [-0.15, -0.1) is 0 Å². The molecule has 0 spiro atoms. The first-order valence-electron chi connectivity index (χ1n) is 9.41. The first kappa shape index (κ1) is 22.2. The minimum atomic E-state index is -3.84. The average Bonchev–Trinajstić information content (AvgIpc) is 2.90. The second-order valence-electron chi connectivity index (χ2n) is 7.30. The summed E-state index contributed by atoms with van der Waals surface area (Å²) in [4.78, 5) is 2.15. The molecular weight excluding hydrogens is 419 g/mol. The van der Waals surface area contributed by atoms with Gasteiger partial charge in [-0.05, 0) is 32.9 Å². The molecule has 2 unspecified atom stereocenters. The van der Waals surface area contributed by atoms with E-state index in [-0.39, 0.29) is 28.1 Å². The number of aromatic nitrogens is 2. The molecular formula is C19H26ClFN4O3S. The zero-order valence-corrected chi connectivity index (χ0v) is 18.5. The quantitative estimate of drug-likeness (QED) is 0.741. The Labute approximate surface area is 175 Å². The van der Waals surface area contributed by atoms with E-state index in [2.05, 4.69) is 9.82 Å². The number of nitrogens with one attached hydrogen (secondary N) is 1. The van der Waals surface area contributed by atoms with Crippen LogP contribution in [0.15, 0.2) is 23.1 Å². The van der Waals surface area contributed by atoms with E-state index in [1.807, 2.05) is 11.8 Å². The van der Waals surface area contributed by atoms with Gasteiger partial charge in [-0.1, -0.05) is 17.7 Å². The Kier molecular flexibility index (Phi) is 6.64. The van der Waals surface area contributed by atoms with E-state index in [4.69, 9.17) is 16.3 Å². The number of halogens is 2. The topological polar surface area (TPSA) is 76.5 Å². The maximum atomic E-state index is 14.7. The highest BCUT2D eigenvalue weighted by Crippen LogP contribution is 2.31. The Hall–Kier alpha value is -1.52. The zero-order valence-electron chi connectivity index (χ0n) is 16.9. The highest BCUT2D eigenvalue weighted by atomic mass is 35.5. The van der Waals surface area contributed by atoms with E-state index in [1.54, 1.807) is 27.0 Å². The molecule has 0 aliphatic carbocycles. The maximum absolute atomic E-state index is 14.7. The summed E-state index contributed by atoms with van der Waals surface area (Å²) in [6, 6.07) is 3.91. The van der Waals surface area contributed by atoms with Crippen molar-refractivity contribution in [2.75, 3.05) is 26.2 Å². The number of hydrogen-bond acceptors (Lipinski definition) is 5. The highest BCUT2D eigenvalue weighted by molar-refractivity contribution is 7.89. The van der Waals surface area contributed by atoms with Crippen molar-refractivity contribution in [1.29, 1.82) is 0 Å². The molecule has 2 aromatic rings. The van der Waals surface area contributed by atoms with Crippen LogP contribution in [-0.2, 0) is 21.8 Å². The molecule has 1 N–H and O–H groups in total. The fourth-order valence-electron chi connectivity index (χ4n) is 3.78. The lowest BCUT2D eigenvalue weighted by Crippen LogP contribution is -2.47. The molecule has 7 nitrogen and oxygen atoms in total. The average molecular weight is 445 g/mol. The van der Waals surface area contributed by atoms with Crippen LogP contribution in [0.4, 0.5) is 4.39 Å². The monoisotopic (exact) mass is 444 g/mol. The molecule has 1 aliphatic heterocycles. The van der Waals surface area contributed by atoms with Gasteiger partial charge in [0.15, 0.2) is 0 Å². The lowest BCUT2D eigenvalue weighted by Gasteiger charge is -2.38. The van der Waals surface area contributed by atoms with Gasteiger partial charge in [0.1, 0.15) is 10.7 Å². The molecule has 0 amide bonds. The molecule has 1 aromatic heterocycles. The molecule has 2 atom stereocenters. The van der Waals surface area contributed by atoms with Gasteiger partial charge in [0, 0.05) is 37.3 Å². The van der Waals surface area contributed by atoms with Gasteiger partial charge in [0.2, 0.25) is 10.0 Å². The third kappa shape index (κ3) is 4.64. The van der Waals surface area contributed by atoms with Crippen LogP contribution in [0.1, 0.15) is 29.9 Å². The fraction of sp³-hybridized carbons (Fsp3) is 0.526. The predicted octanol–water partition coefficient (Wildman–Crippen LogP) is 2.57. The molecule has 0 bridgehead atoms. The van der Waals surface area contributed by atoms with Crippen molar-refractivity contribution in [1.82, 2.24) is 19.4 Å². The number of morpholine rings is 1. The summed E-state index contributed by atoms with van der Waals surface area (Å²) in [6.45, 7) is 6.83. The number of sulfonamides is 1.